The van der Waals surface area contributed by atoms with E-state index in [1.54, 1.807) is 30.3 Å². The van der Waals surface area contributed by atoms with Crippen LogP contribution in [-0.4, -0.2) is 55.4 Å². The van der Waals surface area contributed by atoms with Crippen molar-refractivity contribution in [3.8, 4) is 11.5 Å². The minimum atomic E-state index is -0.371. The zero-order chi connectivity index (χ0) is 23.8. The summed E-state index contributed by atoms with van der Waals surface area (Å²) >= 11 is 4.34. The van der Waals surface area contributed by atoms with E-state index in [0.717, 1.165) is 16.7 Å². The number of nitrogens with zero attached hydrogens (tertiary/aromatic N) is 1. The zero-order valence-electron chi connectivity index (χ0n) is 18.1. The molecular weight excluding hydrogens is 512 g/mol. The van der Waals surface area contributed by atoms with E-state index in [4.69, 9.17) is 14.2 Å². The summed E-state index contributed by atoms with van der Waals surface area (Å²) in [5, 5.41) is 2.41. The summed E-state index contributed by atoms with van der Waals surface area (Å²) in [4.78, 5) is 38.4. The fraction of sp³-hybridized carbons (Fsp3) is 0.261. The lowest BCUT2D eigenvalue weighted by Gasteiger charge is -2.14. The maximum atomic E-state index is 12.6. The molecule has 0 saturated carbocycles. The van der Waals surface area contributed by atoms with E-state index in [1.807, 2.05) is 25.1 Å². The van der Waals surface area contributed by atoms with E-state index in [9.17, 15) is 14.4 Å². The first-order valence-corrected chi connectivity index (χ1v) is 11.7. The maximum absolute atomic E-state index is 12.6. The lowest BCUT2D eigenvalue weighted by atomic mass is 10.2. The molecule has 0 aliphatic carbocycles. The second-order valence-corrected chi connectivity index (χ2v) is 8.63. The molecule has 0 atom stereocenters. The van der Waals surface area contributed by atoms with Crippen LogP contribution in [0.3, 0.4) is 0 Å². The highest BCUT2D eigenvalue weighted by molar-refractivity contribution is 9.10. The first-order chi connectivity index (χ1) is 15.9. The molecule has 3 amide bonds. The highest BCUT2D eigenvalue weighted by atomic mass is 79.9. The van der Waals surface area contributed by atoms with Crippen molar-refractivity contribution < 1.29 is 28.6 Å². The molecule has 10 heteroatoms. The summed E-state index contributed by atoms with van der Waals surface area (Å²) in [6, 6.07) is 12.4. The van der Waals surface area contributed by atoms with Crippen LogP contribution >= 0.6 is 27.7 Å². The first-order valence-electron chi connectivity index (χ1n) is 10.1. The van der Waals surface area contributed by atoms with Gasteiger partial charge in [-0.1, -0.05) is 34.1 Å². The van der Waals surface area contributed by atoms with Crippen LogP contribution < -0.4 is 14.8 Å². The van der Waals surface area contributed by atoms with Crippen molar-refractivity contribution >= 4 is 56.5 Å². The van der Waals surface area contributed by atoms with Crippen LogP contribution in [0.2, 0.25) is 0 Å². The van der Waals surface area contributed by atoms with Crippen molar-refractivity contribution in [2.45, 2.75) is 6.92 Å². The van der Waals surface area contributed by atoms with Gasteiger partial charge in [0.25, 0.3) is 17.1 Å². The Morgan fingerprint density at radius 3 is 2.58 bits per heavy atom. The van der Waals surface area contributed by atoms with Crippen LogP contribution in [0.5, 0.6) is 11.5 Å². The number of carbonyl (C=O) groups is 3. The number of imide groups is 1. The summed E-state index contributed by atoms with van der Waals surface area (Å²) in [5.41, 5.74) is 1.31. The van der Waals surface area contributed by atoms with Gasteiger partial charge in [0.2, 0.25) is 0 Å². The SMILES string of the molecule is CCOc1cc(/C=C2/SC(=O)N(CCOC)C2=O)c(Br)cc1OCC(=O)Nc1ccccc1. The number of anilines is 1. The summed E-state index contributed by atoms with van der Waals surface area (Å²) in [6.07, 6.45) is 1.62. The standard InChI is InChI=1S/C23H23BrN2O6S/c1-3-31-18-11-15(12-20-22(28)26(9-10-30-2)23(29)33-20)17(24)13-19(18)32-14-21(27)25-16-7-5-4-6-8-16/h4-8,11-13H,3,9-10,14H2,1-2H3,(H,25,27)/b20-12+. The van der Waals surface area contributed by atoms with Crippen LogP contribution in [0.15, 0.2) is 51.8 Å². The molecule has 0 unspecified atom stereocenters. The minimum Gasteiger partial charge on any atom is -0.490 e. The molecule has 0 spiro atoms. The maximum Gasteiger partial charge on any atom is 0.293 e. The third-order valence-electron chi connectivity index (χ3n) is 4.46. The van der Waals surface area contributed by atoms with Gasteiger partial charge in [-0.25, -0.2) is 0 Å². The van der Waals surface area contributed by atoms with Crippen molar-refractivity contribution in [1.82, 2.24) is 4.90 Å². The Bertz CT molecular complexity index is 1060. The number of carbonyl (C=O) groups excluding carboxylic acids is 3. The number of hydrogen-bond donors (Lipinski definition) is 1. The molecule has 3 rings (SSSR count). The number of benzene rings is 2. The third-order valence-corrected chi connectivity index (χ3v) is 6.05. The Balaban J connectivity index is 1.75. The van der Waals surface area contributed by atoms with E-state index >= 15 is 0 Å². The van der Waals surface area contributed by atoms with Gasteiger partial charge in [0, 0.05) is 17.3 Å². The highest BCUT2D eigenvalue weighted by Crippen LogP contribution is 2.38. The second-order valence-electron chi connectivity index (χ2n) is 6.78. The number of thioether (sulfide) groups is 1. The Morgan fingerprint density at radius 1 is 1.15 bits per heavy atom. The number of rotatable bonds is 10. The predicted octanol–water partition coefficient (Wildman–Crippen LogP) is 4.55. The van der Waals surface area contributed by atoms with Crippen molar-refractivity contribution in [2.75, 3.05) is 38.8 Å². The van der Waals surface area contributed by atoms with Crippen LogP contribution in [0.1, 0.15) is 12.5 Å². The molecular formula is C23H23BrN2O6S. The Morgan fingerprint density at radius 2 is 1.88 bits per heavy atom. The number of nitrogens with one attached hydrogen (secondary N) is 1. The van der Waals surface area contributed by atoms with Crippen LogP contribution in [0.25, 0.3) is 6.08 Å². The average Bonchev–Trinajstić information content (AvgIpc) is 3.06. The van der Waals surface area contributed by atoms with Gasteiger partial charge in [-0.2, -0.15) is 0 Å². The Kier molecular flexibility index (Phi) is 8.93. The number of para-hydroxylation sites is 1. The van der Waals surface area contributed by atoms with Gasteiger partial charge in [-0.05, 0) is 54.6 Å². The lowest BCUT2D eigenvalue weighted by Crippen LogP contribution is -2.31. The molecule has 8 nitrogen and oxygen atoms in total. The molecule has 2 aromatic carbocycles. The molecule has 1 N–H and O–H groups in total. The van der Waals surface area contributed by atoms with E-state index < -0.39 is 0 Å². The van der Waals surface area contributed by atoms with E-state index in [1.165, 1.54) is 7.11 Å². The average molecular weight is 535 g/mol. The van der Waals surface area contributed by atoms with Gasteiger partial charge in [-0.3, -0.25) is 19.3 Å². The molecule has 174 valence electrons. The molecule has 1 heterocycles. The van der Waals surface area contributed by atoms with Crippen molar-refractivity contribution in [3.05, 3.63) is 57.4 Å². The van der Waals surface area contributed by atoms with Crippen LogP contribution in [0.4, 0.5) is 10.5 Å². The van der Waals surface area contributed by atoms with Gasteiger partial charge in [0.15, 0.2) is 18.1 Å². The largest absolute Gasteiger partial charge is 0.490 e. The summed E-state index contributed by atoms with van der Waals surface area (Å²) in [6.45, 7) is 2.46. The monoisotopic (exact) mass is 534 g/mol. The Hall–Kier alpha value is -2.82. The number of hydrogen-bond acceptors (Lipinski definition) is 7. The third kappa shape index (κ3) is 6.59. The van der Waals surface area contributed by atoms with Gasteiger partial charge in [0.1, 0.15) is 0 Å². The summed E-state index contributed by atoms with van der Waals surface area (Å²) in [7, 11) is 1.51. The molecule has 0 bridgehead atoms. The van der Waals surface area contributed by atoms with Crippen molar-refractivity contribution in [1.29, 1.82) is 0 Å². The highest BCUT2D eigenvalue weighted by Gasteiger charge is 2.34. The summed E-state index contributed by atoms with van der Waals surface area (Å²) < 4.78 is 16.9. The van der Waals surface area contributed by atoms with Crippen LogP contribution in [-0.2, 0) is 14.3 Å². The molecule has 0 radical (unpaired) electrons. The van der Waals surface area contributed by atoms with Crippen molar-refractivity contribution in [3.63, 3.8) is 0 Å². The first kappa shape index (κ1) is 24.8. The molecule has 0 aromatic heterocycles. The van der Waals surface area contributed by atoms with E-state index in [0.29, 0.717) is 38.7 Å². The van der Waals surface area contributed by atoms with E-state index in [-0.39, 0.29) is 36.8 Å². The molecule has 1 saturated heterocycles. The normalized spacial score (nSPS) is 14.6. The topological polar surface area (TPSA) is 94.2 Å². The van der Waals surface area contributed by atoms with Gasteiger partial charge in [0.05, 0.1) is 24.7 Å². The van der Waals surface area contributed by atoms with Gasteiger partial charge in [-0.15, -0.1) is 0 Å². The molecule has 2 aromatic rings. The molecule has 1 aliphatic heterocycles. The fourth-order valence-corrected chi connectivity index (χ4v) is 4.21. The second kappa shape index (κ2) is 11.9. The van der Waals surface area contributed by atoms with Crippen molar-refractivity contribution in [2.24, 2.45) is 0 Å². The number of amides is 3. The number of ether oxygens (including phenoxy) is 3. The number of methoxy groups -OCH3 is 1. The van der Waals surface area contributed by atoms with Gasteiger partial charge < -0.3 is 19.5 Å². The molecule has 33 heavy (non-hydrogen) atoms. The Labute approximate surface area is 204 Å². The summed E-state index contributed by atoms with van der Waals surface area (Å²) in [5.74, 6) is 0.105. The van der Waals surface area contributed by atoms with E-state index in [2.05, 4.69) is 21.2 Å². The minimum absolute atomic E-state index is 0.196. The zero-order valence-corrected chi connectivity index (χ0v) is 20.5. The van der Waals surface area contributed by atoms with Gasteiger partial charge >= 0.3 is 0 Å². The quantitative estimate of drug-likeness (QED) is 0.447. The van der Waals surface area contributed by atoms with Crippen LogP contribution in [0, 0.1) is 0 Å². The molecule has 1 fully saturated rings. The fourth-order valence-electron chi connectivity index (χ4n) is 2.92. The number of halogens is 1. The predicted molar refractivity (Wildman–Crippen MR) is 130 cm³/mol. The smallest absolute Gasteiger partial charge is 0.293 e. The molecule has 1 aliphatic rings. The lowest BCUT2D eigenvalue weighted by molar-refractivity contribution is -0.123.